The highest BCUT2D eigenvalue weighted by atomic mass is 16.6. The lowest BCUT2D eigenvalue weighted by molar-refractivity contribution is -0.163. The van der Waals surface area contributed by atoms with Crippen molar-refractivity contribution in [1.29, 1.82) is 0 Å². The Labute approximate surface area is 284 Å². The van der Waals surface area contributed by atoms with E-state index in [0.29, 0.717) is 52.1 Å². The normalized spacial score (nSPS) is 18.5. The molecule has 4 atom stereocenters. The van der Waals surface area contributed by atoms with Gasteiger partial charge in [-0.2, -0.15) is 0 Å². The zero-order valence-corrected chi connectivity index (χ0v) is 28.7. The highest BCUT2D eigenvalue weighted by Crippen LogP contribution is 2.28. The number of esters is 2. The minimum absolute atomic E-state index is 0.139. The van der Waals surface area contributed by atoms with E-state index < -0.39 is 54.5 Å². The monoisotopic (exact) mass is 677 g/mol. The molecule has 1 saturated heterocycles. The maximum Gasteiger partial charge on any atom is 0.408 e. The van der Waals surface area contributed by atoms with E-state index >= 15 is 0 Å². The Hall–Kier alpha value is -3.26. The van der Waals surface area contributed by atoms with E-state index in [9.17, 15) is 29.4 Å². The summed E-state index contributed by atoms with van der Waals surface area (Å²) in [6, 6.07) is 7.02. The highest BCUT2D eigenvalue weighted by Gasteiger charge is 2.35. The Bertz CT molecular complexity index is 1130. The Morgan fingerprint density at radius 2 is 1.71 bits per heavy atom. The summed E-state index contributed by atoms with van der Waals surface area (Å²) in [4.78, 5) is 53.6. The predicted octanol–water partition coefficient (Wildman–Crippen LogP) is 2.85. The molecule has 1 saturated carbocycles. The molecule has 2 amide bonds. The third kappa shape index (κ3) is 14.9. The van der Waals surface area contributed by atoms with Crippen LogP contribution in [0, 0.1) is 5.92 Å². The summed E-state index contributed by atoms with van der Waals surface area (Å²) in [6.45, 7) is 7.29. The van der Waals surface area contributed by atoms with Gasteiger partial charge in [-0.1, -0.05) is 62.4 Å². The lowest BCUT2D eigenvalue weighted by Crippen LogP contribution is -2.56. The van der Waals surface area contributed by atoms with Crippen LogP contribution < -0.4 is 10.6 Å². The van der Waals surface area contributed by atoms with E-state index in [4.69, 9.17) is 18.9 Å². The summed E-state index contributed by atoms with van der Waals surface area (Å²) < 4.78 is 21.9. The quantitative estimate of drug-likeness (QED) is 0.141. The number of rotatable bonds is 17. The molecule has 3 rings (SSSR count). The van der Waals surface area contributed by atoms with Crippen molar-refractivity contribution in [3.05, 3.63) is 35.9 Å². The molecule has 0 bridgehead atoms. The summed E-state index contributed by atoms with van der Waals surface area (Å²) in [7, 11) is 0. The van der Waals surface area contributed by atoms with Crippen LogP contribution in [0.5, 0.6) is 0 Å². The number of nitrogens with one attached hydrogen (secondary N) is 2. The second kappa shape index (κ2) is 20.3. The maximum atomic E-state index is 13.5. The summed E-state index contributed by atoms with van der Waals surface area (Å²) in [6.07, 6.45) is 2.96. The van der Waals surface area contributed by atoms with Gasteiger partial charge in [0.15, 0.2) is 6.10 Å². The van der Waals surface area contributed by atoms with E-state index in [-0.39, 0.29) is 24.9 Å². The number of aliphatic hydroxyl groups is 2. The Kier molecular flexibility index (Phi) is 16.6. The van der Waals surface area contributed by atoms with Gasteiger partial charge in [-0.25, -0.2) is 9.59 Å². The van der Waals surface area contributed by atoms with Gasteiger partial charge in [-0.3, -0.25) is 14.5 Å². The first-order valence-corrected chi connectivity index (χ1v) is 17.2. The fraction of sp³-hybridized carbons (Fsp3) is 0.714. The lowest BCUT2D eigenvalue weighted by Gasteiger charge is -2.33. The molecule has 1 aliphatic heterocycles. The molecule has 0 spiro atoms. The number of benzene rings is 1. The Morgan fingerprint density at radius 3 is 2.35 bits per heavy atom. The molecule has 1 aromatic rings. The number of amides is 2. The molecule has 1 aromatic carbocycles. The average molecular weight is 678 g/mol. The number of ether oxygens (including phenoxy) is 4. The highest BCUT2D eigenvalue weighted by molar-refractivity contribution is 5.87. The van der Waals surface area contributed by atoms with Crippen molar-refractivity contribution < 1.29 is 48.3 Å². The fourth-order valence-electron chi connectivity index (χ4n) is 5.92. The number of carbonyl (C=O) groups excluding carboxylic acids is 4. The van der Waals surface area contributed by atoms with Gasteiger partial charge in [-0.05, 0) is 51.5 Å². The standard InChI is InChI=1S/C35H55N3O10/c1-35(2,3)48-34(44)37-29(23-39)32(42)36-28(21-25-11-6-4-7-12-25)31(41)33(43)47-27(22-38-17-19-45-20-18-38)15-10-16-30(40)46-24-26-13-8-5-9-14-26/h5,8-9,13-14,25,27-29,31,39,41H,4,6-7,10-12,15-24H2,1-3H3,(H,36,42)(H,37,44)/t27?,28-,29+,31+/m0/s1. The molecule has 13 heteroatoms. The first-order valence-electron chi connectivity index (χ1n) is 17.2. The van der Waals surface area contributed by atoms with Crippen LogP contribution in [0.15, 0.2) is 30.3 Å². The Balaban J connectivity index is 1.64. The zero-order chi connectivity index (χ0) is 34.9. The number of carbonyl (C=O) groups is 4. The van der Waals surface area contributed by atoms with Crippen LogP contribution in [-0.4, -0.2) is 108 Å². The minimum atomic E-state index is -1.69. The molecular formula is C35H55N3O10. The second-order valence-corrected chi connectivity index (χ2v) is 13.7. The van der Waals surface area contributed by atoms with Gasteiger partial charge in [0.1, 0.15) is 24.4 Å². The molecule has 270 valence electrons. The van der Waals surface area contributed by atoms with Gasteiger partial charge in [-0.15, -0.1) is 0 Å². The predicted molar refractivity (Wildman–Crippen MR) is 177 cm³/mol. The number of hydrogen-bond donors (Lipinski definition) is 4. The number of aliphatic hydroxyl groups excluding tert-OH is 2. The number of morpholine rings is 1. The number of nitrogens with zero attached hydrogens (tertiary/aromatic N) is 1. The van der Waals surface area contributed by atoms with E-state index in [1.54, 1.807) is 20.8 Å². The van der Waals surface area contributed by atoms with Crippen LogP contribution in [0.3, 0.4) is 0 Å². The smallest absolute Gasteiger partial charge is 0.408 e. The summed E-state index contributed by atoms with van der Waals surface area (Å²) >= 11 is 0. The number of hydrogen-bond acceptors (Lipinski definition) is 11. The first kappa shape index (κ1) is 39.2. The van der Waals surface area contributed by atoms with E-state index in [1.807, 2.05) is 30.3 Å². The molecule has 13 nitrogen and oxygen atoms in total. The summed E-state index contributed by atoms with van der Waals surface area (Å²) in [5.41, 5.74) is 0.0735. The van der Waals surface area contributed by atoms with Crippen LogP contribution >= 0.6 is 0 Å². The molecule has 1 unspecified atom stereocenters. The lowest BCUT2D eigenvalue weighted by atomic mass is 9.83. The third-order valence-electron chi connectivity index (χ3n) is 8.45. The van der Waals surface area contributed by atoms with Crippen LogP contribution in [0.4, 0.5) is 4.79 Å². The van der Waals surface area contributed by atoms with Crippen molar-refractivity contribution in [3.63, 3.8) is 0 Å². The van der Waals surface area contributed by atoms with Gasteiger partial charge < -0.3 is 39.8 Å². The van der Waals surface area contributed by atoms with Crippen molar-refractivity contribution in [2.45, 2.75) is 115 Å². The summed E-state index contributed by atoms with van der Waals surface area (Å²) in [5, 5.41) is 26.3. The van der Waals surface area contributed by atoms with Crippen molar-refractivity contribution in [2.75, 3.05) is 39.5 Å². The van der Waals surface area contributed by atoms with E-state index in [1.165, 1.54) is 0 Å². The first-order chi connectivity index (χ1) is 22.9. The largest absolute Gasteiger partial charge is 0.461 e. The molecule has 48 heavy (non-hydrogen) atoms. The molecule has 4 N–H and O–H groups in total. The minimum Gasteiger partial charge on any atom is -0.461 e. The van der Waals surface area contributed by atoms with Gasteiger partial charge >= 0.3 is 18.0 Å². The van der Waals surface area contributed by atoms with Gasteiger partial charge in [0.2, 0.25) is 5.91 Å². The topological polar surface area (TPSA) is 173 Å². The third-order valence-corrected chi connectivity index (χ3v) is 8.45. The van der Waals surface area contributed by atoms with Crippen molar-refractivity contribution in [3.8, 4) is 0 Å². The fourth-order valence-corrected chi connectivity index (χ4v) is 5.92. The van der Waals surface area contributed by atoms with Crippen LogP contribution in [0.1, 0.15) is 84.1 Å². The van der Waals surface area contributed by atoms with E-state index in [0.717, 1.165) is 37.7 Å². The molecule has 2 aliphatic rings. The molecule has 2 fully saturated rings. The van der Waals surface area contributed by atoms with Crippen molar-refractivity contribution in [1.82, 2.24) is 15.5 Å². The Morgan fingerprint density at radius 1 is 1.02 bits per heavy atom. The summed E-state index contributed by atoms with van der Waals surface area (Å²) in [5.74, 6) is -1.83. The second-order valence-electron chi connectivity index (χ2n) is 13.7. The molecule has 1 heterocycles. The van der Waals surface area contributed by atoms with Gasteiger partial charge in [0, 0.05) is 26.1 Å². The number of alkyl carbamates (subject to hydrolysis) is 1. The zero-order valence-electron chi connectivity index (χ0n) is 28.7. The van der Waals surface area contributed by atoms with Crippen molar-refractivity contribution >= 4 is 23.9 Å². The SMILES string of the molecule is CC(C)(C)OC(=O)N[C@H](CO)C(=O)N[C@@H](CC1CCCCC1)[C@@H](O)C(=O)OC(CCCC(=O)OCc1ccccc1)CN1CCOCC1. The van der Waals surface area contributed by atoms with Crippen LogP contribution in [0.2, 0.25) is 0 Å². The van der Waals surface area contributed by atoms with E-state index in [2.05, 4.69) is 15.5 Å². The molecular weight excluding hydrogens is 622 g/mol. The maximum absolute atomic E-state index is 13.5. The van der Waals surface area contributed by atoms with Crippen molar-refractivity contribution in [2.24, 2.45) is 5.92 Å². The molecule has 0 radical (unpaired) electrons. The molecule has 1 aliphatic carbocycles. The van der Waals surface area contributed by atoms with Gasteiger partial charge in [0.05, 0.1) is 25.9 Å². The molecule has 0 aromatic heterocycles. The average Bonchev–Trinajstić information content (AvgIpc) is 3.06. The van der Waals surface area contributed by atoms with Crippen LogP contribution in [-0.2, 0) is 39.9 Å². The van der Waals surface area contributed by atoms with Crippen LogP contribution in [0.25, 0.3) is 0 Å². The van der Waals surface area contributed by atoms with Gasteiger partial charge in [0.25, 0.3) is 0 Å².